The fourth-order valence-corrected chi connectivity index (χ4v) is 1.90. The van der Waals surface area contributed by atoms with Gasteiger partial charge in [0.05, 0.1) is 0 Å². The van der Waals surface area contributed by atoms with Gasteiger partial charge >= 0.3 is 0 Å². The number of pyridine rings is 1. The van der Waals surface area contributed by atoms with Crippen LogP contribution in [0.4, 0.5) is 0 Å². The average molecular weight is 246 g/mol. The van der Waals surface area contributed by atoms with Crippen LogP contribution in [0.15, 0.2) is 18.3 Å². The predicted octanol–water partition coefficient (Wildman–Crippen LogP) is 1.77. The Bertz CT molecular complexity index is 393. The molecule has 0 fully saturated rings. The largest absolute Gasteiger partial charge is 0.309 e. The van der Waals surface area contributed by atoms with Crippen molar-refractivity contribution in [3.63, 3.8) is 0 Å². The lowest BCUT2D eigenvalue weighted by molar-refractivity contribution is 0.270. The highest BCUT2D eigenvalue weighted by Crippen LogP contribution is 2.04. The molecular formula is C14H22N4. The number of nitrogens with one attached hydrogen (secondary N) is 1. The zero-order valence-electron chi connectivity index (χ0n) is 11.5. The van der Waals surface area contributed by atoms with Gasteiger partial charge in [0.15, 0.2) is 0 Å². The minimum Gasteiger partial charge on any atom is -0.309 e. The molecule has 0 saturated carbocycles. The van der Waals surface area contributed by atoms with Gasteiger partial charge < -0.3 is 10.2 Å². The number of likely N-dealkylation sites (N-methyl/N-ethyl adjacent to an activating group) is 1. The summed E-state index contributed by atoms with van der Waals surface area (Å²) in [5, 5.41) is 12.4. The van der Waals surface area contributed by atoms with Gasteiger partial charge in [-0.15, -0.1) is 0 Å². The van der Waals surface area contributed by atoms with Crippen molar-refractivity contribution >= 4 is 0 Å². The molecule has 0 bridgehead atoms. The van der Waals surface area contributed by atoms with Crippen LogP contribution in [0.5, 0.6) is 0 Å². The fourth-order valence-electron chi connectivity index (χ4n) is 1.90. The zero-order valence-corrected chi connectivity index (χ0v) is 11.5. The molecule has 0 aliphatic carbocycles. The Hall–Kier alpha value is -1.44. The first kappa shape index (κ1) is 14.6. The summed E-state index contributed by atoms with van der Waals surface area (Å²) in [6.45, 7) is 10.4. The van der Waals surface area contributed by atoms with E-state index >= 15 is 0 Å². The SMILES string of the molecule is CCN(CC)CC(C)NCc1cccnc1C#N. The van der Waals surface area contributed by atoms with Gasteiger partial charge in [0.2, 0.25) is 0 Å². The Morgan fingerprint density at radius 2 is 2.17 bits per heavy atom. The fraction of sp³-hybridized carbons (Fsp3) is 0.571. The van der Waals surface area contributed by atoms with E-state index in [9.17, 15) is 0 Å². The lowest BCUT2D eigenvalue weighted by Gasteiger charge is -2.23. The molecule has 0 aromatic carbocycles. The van der Waals surface area contributed by atoms with Crippen molar-refractivity contribution < 1.29 is 0 Å². The molecule has 0 saturated heterocycles. The minimum atomic E-state index is 0.400. The number of rotatable bonds is 7. The van der Waals surface area contributed by atoms with E-state index in [4.69, 9.17) is 5.26 Å². The minimum absolute atomic E-state index is 0.400. The van der Waals surface area contributed by atoms with Crippen molar-refractivity contribution in [3.8, 4) is 6.07 Å². The molecule has 1 heterocycles. The standard InChI is InChI=1S/C14H22N4/c1-4-18(5-2)11-12(3)17-10-13-7-6-8-16-14(13)9-15/h6-8,12,17H,4-5,10-11H2,1-3H3. The van der Waals surface area contributed by atoms with Crippen molar-refractivity contribution in [3.05, 3.63) is 29.6 Å². The van der Waals surface area contributed by atoms with Crippen LogP contribution in [-0.4, -0.2) is 35.6 Å². The highest BCUT2D eigenvalue weighted by molar-refractivity contribution is 5.30. The van der Waals surface area contributed by atoms with Crippen LogP contribution < -0.4 is 5.32 Å². The lowest BCUT2D eigenvalue weighted by Crippen LogP contribution is -2.38. The average Bonchev–Trinajstić information content (AvgIpc) is 2.42. The first-order valence-electron chi connectivity index (χ1n) is 6.51. The van der Waals surface area contributed by atoms with E-state index < -0.39 is 0 Å². The molecule has 98 valence electrons. The number of nitriles is 1. The molecule has 0 amide bonds. The van der Waals surface area contributed by atoms with E-state index in [0.717, 1.165) is 25.2 Å². The summed E-state index contributed by atoms with van der Waals surface area (Å²) in [5.74, 6) is 0. The van der Waals surface area contributed by atoms with Crippen LogP contribution in [0, 0.1) is 11.3 Å². The van der Waals surface area contributed by atoms with Crippen molar-refractivity contribution in [1.82, 2.24) is 15.2 Å². The summed E-state index contributed by atoms with van der Waals surface area (Å²) < 4.78 is 0. The van der Waals surface area contributed by atoms with Gasteiger partial charge in [-0.2, -0.15) is 5.26 Å². The molecule has 18 heavy (non-hydrogen) atoms. The summed E-state index contributed by atoms with van der Waals surface area (Å²) >= 11 is 0. The second kappa shape index (κ2) is 7.80. The lowest BCUT2D eigenvalue weighted by atomic mass is 10.2. The molecule has 1 atom stereocenters. The van der Waals surface area contributed by atoms with Gasteiger partial charge in [-0.25, -0.2) is 4.98 Å². The van der Waals surface area contributed by atoms with Crippen LogP contribution in [0.2, 0.25) is 0 Å². The summed E-state index contributed by atoms with van der Waals surface area (Å²) in [4.78, 5) is 6.44. The topological polar surface area (TPSA) is 52.0 Å². The first-order valence-corrected chi connectivity index (χ1v) is 6.51. The Balaban J connectivity index is 2.47. The Morgan fingerprint density at radius 3 is 2.78 bits per heavy atom. The number of nitrogens with zero attached hydrogens (tertiary/aromatic N) is 3. The summed E-state index contributed by atoms with van der Waals surface area (Å²) in [7, 11) is 0. The predicted molar refractivity (Wildman–Crippen MR) is 73.0 cm³/mol. The summed E-state index contributed by atoms with van der Waals surface area (Å²) in [6.07, 6.45) is 1.65. The van der Waals surface area contributed by atoms with Crippen LogP contribution in [0.25, 0.3) is 0 Å². The van der Waals surface area contributed by atoms with Crippen LogP contribution >= 0.6 is 0 Å². The van der Waals surface area contributed by atoms with E-state index in [1.807, 2.05) is 12.1 Å². The van der Waals surface area contributed by atoms with E-state index in [1.165, 1.54) is 0 Å². The van der Waals surface area contributed by atoms with Crippen molar-refractivity contribution in [2.75, 3.05) is 19.6 Å². The van der Waals surface area contributed by atoms with Gasteiger partial charge in [0.25, 0.3) is 0 Å². The number of hydrogen-bond donors (Lipinski definition) is 1. The highest BCUT2D eigenvalue weighted by Gasteiger charge is 2.08. The molecule has 0 aliphatic heterocycles. The second-order valence-electron chi connectivity index (χ2n) is 4.39. The molecule has 4 heteroatoms. The Morgan fingerprint density at radius 1 is 1.44 bits per heavy atom. The Labute approximate surface area is 110 Å². The van der Waals surface area contributed by atoms with E-state index in [0.29, 0.717) is 18.3 Å². The second-order valence-corrected chi connectivity index (χ2v) is 4.39. The van der Waals surface area contributed by atoms with Gasteiger partial charge in [0.1, 0.15) is 11.8 Å². The quantitative estimate of drug-likeness (QED) is 0.796. The third kappa shape index (κ3) is 4.44. The highest BCUT2D eigenvalue weighted by atomic mass is 15.1. The van der Waals surface area contributed by atoms with E-state index in [-0.39, 0.29) is 0 Å². The van der Waals surface area contributed by atoms with Crippen molar-refractivity contribution in [1.29, 1.82) is 5.26 Å². The summed E-state index contributed by atoms with van der Waals surface area (Å²) in [6, 6.07) is 6.34. The monoisotopic (exact) mass is 246 g/mol. The molecule has 0 spiro atoms. The number of hydrogen-bond acceptors (Lipinski definition) is 4. The normalized spacial score (nSPS) is 12.4. The third-order valence-corrected chi connectivity index (χ3v) is 3.06. The first-order chi connectivity index (χ1) is 8.71. The van der Waals surface area contributed by atoms with Crippen LogP contribution in [0.3, 0.4) is 0 Å². The molecule has 1 N–H and O–H groups in total. The molecule has 1 rings (SSSR count). The van der Waals surface area contributed by atoms with Crippen molar-refractivity contribution in [2.45, 2.75) is 33.4 Å². The van der Waals surface area contributed by atoms with Gasteiger partial charge in [-0.05, 0) is 26.1 Å². The number of aromatic nitrogens is 1. The van der Waals surface area contributed by atoms with E-state index in [2.05, 4.69) is 42.0 Å². The van der Waals surface area contributed by atoms with E-state index in [1.54, 1.807) is 6.20 Å². The molecule has 0 radical (unpaired) electrons. The maximum Gasteiger partial charge on any atom is 0.144 e. The van der Waals surface area contributed by atoms with Crippen molar-refractivity contribution in [2.24, 2.45) is 0 Å². The third-order valence-electron chi connectivity index (χ3n) is 3.06. The molecule has 1 aromatic rings. The van der Waals surface area contributed by atoms with Gasteiger partial charge in [-0.1, -0.05) is 19.9 Å². The Kier molecular flexibility index (Phi) is 6.34. The molecular weight excluding hydrogens is 224 g/mol. The van der Waals surface area contributed by atoms with Gasteiger partial charge in [-0.3, -0.25) is 0 Å². The molecule has 1 unspecified atom stereocenters. The molecule has 4 nitrogen and oxygen atoms in total. The zero-order chi connectivity index (χ0) is 13.4. The maximum atomic E-state index is 8.96. The van der Waals surface area contributed by atoms with Gasteiger partial charge in [0, 0.05) is 30.9 Å². The van der Waals surface area contributed by atoms with Crippen LogP contribution in [-0.2, 0) is 6.54 Å². The molecule has 0 aliphatic rings. The van der Waals surface area contributed by atoms with Crippen LogP contribution in [0.1, 0.15) is 32.0 Å². The smallest absolute Gasteiger partial charge is 0.144 e. The summed E-state index contributed by atoms with van der Waals surface area (Å²) in [5.41, 5.74) is 1.48. The maximum absolute atomic E-state index is 8.96. The molecule has 1 aromatic heterocycles.